The van der Waals surface area contributed by atoms with E-state index in [-0.39, 0.29) is 17.3 Å². The summed E-state index contributed by atoms with van der Waals surface area (Å²) in [7, 11) is -2.01. The number of amidine groups is 1. The number of sulfonamides is 1. The predicted molar refractivity (Wildman–Crippen MR) is 93.1 cm³/mol. The van der Waals surface area contributed by atoms with Crippen LogP contribution < -0.4 is 5.32 Å². The summed E-state index contributed by atoms with van der Waals surface area (Å²) in [5, 5.41) is 2.86. The van der Waals surface area contributed by atoms with Crippen LogP contribution in [-0.2, 0) is 19.6 Å². The van der Waals surface area contributed by atoms with Gasteiger partial charge in [0.25, 0.3) is 10.0 Å². The smallest absolute Gasteiger partial charge is 0.285 e. The molecule has 136 valence electrons. The minimum Gasteiger partial charge on any atom is -0.379 e. The molecule has 2 aliphatic heterocycles. The van der Waals surface area contributed by atoms with Crippen molar-refractivity contribution in [1.82, 2.24) is 15.1 Å². The lowest BCUT2D eigenvalue weighted by atomic mass is 10.2. The molecule has 0 saturated carbocycles. The molecular weight excluding hydrogens is 344 g/mol. The van der Waals surface area contributed by atoms with Crippen LogP contribution >= 0.6 is 0 Å². The molecule has 9 heteroatoms. The van der Waals surface area contributed by atoms with Gasteiger partial charge in [0.05, 0.1) is 19.8 Å². The third kappa shape index (κ3) is 4.17. The molecule has 1 aromatic carbocycles. The lowest BCUT2D eigenvalue weighted by Crippen LogP contribution is -2.43. The minimum absolute atomic E-state index is 0.0474. The van der Waals surface area contributed by atoms with Crippen LogP contribution in [0.1, 0.15) is 5.56 Å². The van der Waals surface area contributed by atoms with Crippen LogP contribution in [0.25, 0.3) is 0 Å². The Kier molecular flexibility index (Phi) is 5.36. The molecular formula is C16H22N4O4S. The van der Waals surface area contributed by atoms with Gasteiger partial charge in [0, 0.05) is 38.8 Å². The second-order valence-corrected chi connectivity index (χ2v) is 7.62. The van der Waals surface area contributed by atoms with Crippen molar-refractivity contribution >= 4 is 21.8 Å². The Balaban J connectivity index is 1.54. The van der Waals surface area contributed by atoms with E-state index in [1.807, 2.05) is 0 Å². The summed E-state index contributed by atoms with van der Waals surface area (Å²) < 4.78 is 33.2. The van der Waals surface area contributed by atoms with Gasteiger partial charge in [0.2, 0.25) is 5.91 Å². The van der Waals surface area contributed by atoms with Crippen molar-refractivity contribution in [2.24, 2.45) is 4.40 Å². The zero-order valence-corrected chi connectivity index (χ0v) is 15.0. The predicted octanol–water partition coefficient (Wildman–Crippen LogP) is -0.484. The van der Waals surface area contributed by atoms with Gasteiger partial charge in [-0.05, 0) is 12.1 Å². The number of morpholine rings is 1. The summed E-state index contributed by atoms with van der Waals surface area (Å²) in [4.78, 5) is 16.1. The fourth-order valence-corrected chi connectivity index (χ4v) is 4.14. The molecule has 0 unspecified atom stereocenters. The van der Waals surface area contributed by atoms with Gasteiger partial charge in [0.1, 0.15) is 4.90 Å². The summed E-state index contributed by atoms with van der Waals surface area (Å²) in [5.74, 6) is 0.138. The van der Waals surface area contributed by atoms with Gasteiger partial charge in [-0.3, -0.25) is 9.69 Å². The van der Waals surface area contributed by atoms with Gasteiger partial charge in [-0.25, -0.2) is 0 Å². The standard InChI is InChI=1S/C16H22N4O4S/c1-19(12-15(21)17-6-7-20-8-10-24-11-9-20)16-13-4-2-3-5-14(13)25(22,23)18-16/h2-5H,6-12H2,1H3,(H,17,21). The molecule has 0 aliphatic carbocycles. The molecule has 1 N–H and O–H groups in total. The van der Waals surface area contributed by atoms with Gasteiger partial charge in [0.15, 0.2) is 5.84 Å². The molecule has 0 atom stereocenters. The first-order valence-electron chi connectivity index (χ1n) is 8.20. The summed E-state index contributed by atoms with van der Waals surface area (Å²) in [6, 6.07) is 6.64. The number of ether oxygens (including phenoxy) is 1. The number of nitrogens with zero attached hydrogens (tertiary/aromatic N) is 3. The van der Waals surface area contributed by atoms with Crippen LogP contribution in [0.3, 0.4) is 0 Å². The first-order chi connectivity index (χ1) is 12.0. The van der Waals surface area contributed by atoms with Gasteiger partial charge in [-0.1, -0.05) is 12.1 Å². The Bertz CT molecular complexity index is 772. The Morgan fingerprint density at radius 3 is 2.80 bits per heavy atom. The third-order valence-corrected chi connectivity index (χ3v) is 5.53. The van der Waals surface area contributed by atoms with E-state index in [1.54, 1.807) is 30.1 Å². The summed E-state index contributed by atoms with van der Waals surface area (Å²) >= 11 is 0. The lowest BCUT2D eigenvalue weighted by Gasteiger charge is -2.26. The largest absolute Gasteiger partial charge is 0.379 e. The molecule has 2 aliphatic rings. The first kappa shape index (κ1) is 17.8. The maximum atomic E-state index is 12.1. The van der Waals surface area contributed by atoms with Gasteiger partial charge < -0.3 is 15.0 Å². The van der Waals surface area contributed by atoms with Gasteiger partial charge >= 0.3 is 0 Å². The van der Waals surface area contributed by atoms with Crippen molar-refractivity contribution in [3.8, 4) is 0 Å². The van der Waals surface area contributed by atoms with Crippen molar-refractivity contribution in [2.75, 3.05) is 53.0 Å². The van der Waals surface area contributed by atoms with Crippen LogP contribution in [0, 0.1) is 0 Å². The highest BCUT2D eigenvalue weighted by Crippen LogP contribution is 2.26. The zero-order chi connectivity index (χ0) is 17.9. The fraction of sp³-hybridized carbons (Fsp3) is 0.500. The number of hydrogen-bond acceptors (Lipinski definition) is 6. The van der Waals surface area contributed by atoms with E-state index < -0.39 is 10.0 Å². The maximum absolute atomic E-state index is 12.1. The zero-order valence-electron chi connectivity index (χ0n) is 14.1. The van der Waals surface area contributed by atoms with Crippen molar-refractivity contribution in [1.29, 1.82) is 0 Å². The van der Waals surface area contributed by atoms with E-state index in [2.05, 4.69) is 14.6 Å². The van der Waals surface area contributed by atoms with Crippen LogP contribution in [-0.4, -0.2) is 82.9 Å². The molecule has 1 aromatic rings. The number of fused-ring (bicyclic) bond motifs is 1. The molecule has 1 fully saturated rings. The number of likely N-dealkylation sites (N-methyl/N-ethyl adjacent to an activating group) is 1. The monoisotopic (exact) mass is 366 g/mol. The molecule has 2 heterocycles. The SMILES string of the molecule is CN(CC(=O)NCCN1CCOCC1)C1=NS(=O)(=O)c2ccccc21. The second-order valence-electron chi connectivity index (χ2n) is 6.05. The van der Waals surface area contributed by atoms with Crippen LogP contribution in [0.2, 0.25) is 0 Å². The molecule has 1 amide bonds. The van der Waals surface area contributed by atoms with Crippen LogP contribution in [0.5, 0.6) is 0 Å². The minimum atomic E-state index is -3.67. The second kappa shape index (κ2) is 7.51. The normalized spacial score (nSPS) is 19.2. The van der Waals surface area contributed by atoms with Crippen molar-refractivity contribution in [2.45, 2.75) is 4.90 Å². The van der Waals surface area contributed by atoms with Gasteiger partial charge in [-0.15, -0.1) is 4.40 Å². The van der Waals surface area contributed by atoms with Crippen molar-refractivity contribution in [3.63, 3.8) is 0 Å². The third-order valence-electron chi connectivity index (χ3n) is 4.21. The number of hydrogen-bond donors (Lipinski definition) is 1. The van der Waals surface area contributed by atoms with E-state index in [0.717, 1.165) is 32.8 Å². The highest BCUT2D eigenvalue weighted by atomic mass is 32.2. The van der Waals surface area contributed by atoms with E-state index in [0.29, 0.717) is 17.9 Å². The fourth-order valence-electron chi connectivity index (χ4n) is 2.89. The van der Waals surface area contributed by atoms with E-state index in [9.17, 15) is 13.2 Å². The molecule has 0 aromatic heterocycles. The average molecular weight is 366 g/mol. The van der Waals surface area contributed by atoms with Crippen LogP contribution in [0.4, 0.5) is 0 Å². The number of benzene rings is 1. The summed E-state index contributed by atoms with van der Waals surface area (Å²) in [6.07, 6.45) is 0. The summed E-state index contributed by atoms with van der Waals surface area (Å²) in [6.45, 7) is 4.58. The Hall–Kier alpha value is -1.97. The van der Waals surface area contributed by atoms with Gasteiger partial charge in [-0.2, -0.15) is 8.42 Å². The Morgan fingerprint density at radius 1 is 1.32 bits per heavy atom. The topological polar surface area (TPSA) is 91.3 Å². The molecule has 3 rings (SSSR count). The Morgan fingerprint density at radius 2 is 2.04 bits per heavy atom. The molecule has 0 bridgehead atoms. The quantitative estimate of drug-likeness (QED) is 0.757. The highest BCUT2D eigenvalue weighted by Gasteiger charge is 2.30. The highest BCUT2D eigenvalue weighted by molar-refractivity contribution is 7.90. The molecule has 1 saturated heterocycles. The number of amides is 1. The van der Waals surface area contributed by atoms with E-state index in [4.69, 9.17) is 4.74 Å². The molecule has 25 heavy (non-hydrogen) atoms. The summed E-state index contributed by atoms with van der Waals surface area (Å²) in [5.41, 5.74) is 0.533. The maximum Gasteiger partial charge on any atom is 0.285 e. The Labute approximate surface area is 147 Å². The number of rotatable bonds is 5. The molecule has 8 nitrogen and oxygen atoms in total. The molecule has 0 spiro atoms. The van der Waals surface area contributed by atoms with Crippen molar-refractivity contribution in [3.05, 3.63) is 29.8 Å². The van der Waals surface area contributed by atoms with E-state index in [1.165, 1.54) is 6.07 Å². The lowest BCUT2D eigenvalue weighted by molar-refractivity contribution is -0.121. The number of carbonyl (C=O) groups excluding carboxylic acids is 1. The first-order valence-corrected chi connectivity index (χ1v) is 9.64. The number of carbonyl (C=O) groups is 1. The molecule has 0 radical (unpaired) electrons. The average Bonchev–Trinajstić information content (AvgIpc) is 2.88. The van der Waals surface area contributed by atoms with E-state index >= 15 is 0 Å². The van der Waals surface area contributed by atoms with Crippen LogP contribution in [0.15, 0.2) is 33.6 Å². The number of nitrogens with one attached hydrogen (secondary N) is 1. The van der Waals surface area contributed by atoms with Crippen molar-refractivity contribution < 1.29 is 17.9 Å².